The highest BCUT2D eigenvalue weighted by atomic mass is 32.2. The Bertz CT molecular complexity index is 1050. The normalized spacial score (nSPS) is 11.7. The van der Waals surface area contributed by atoms with E-state index >= 15 is 0 Å². The predicted octanol–water partition coefficient (Wildman–Crippen LogP) is 6.02. The number of nitrogens with one attached hydrogen (secondary N) is 1. The number of ether oxygens (including phenoxy) is 1. The summed E-state index contributed by atoms with van der Waals surface area (Å²) in [6.45, 7) is 10.5. The van der Waals surface area contributed by atoms with Crippen LogP contribution in [0, 0.1) is 0 Å². The minimum atomic E-state index is -0.278. The third-order valence-electron chi connectivity index (χ3n) is 4.67. The van der Waals surface area contributed by atoms with Crippen molar-refractivity contribution in [2.75, 3.05) is 19.0 Å². The van der Waals surface area contributed by atoms with E-state index in [2.05, 4.69) is 37.6 Å². The SMILES string of the molecule is CC(C)Oc1ccc(C(C)(C)C)cc1SNC(=O)c1cc2ccc(N(C)C)cc2o1. The highest BCUT2D eigenvalue weighted by Gasteiger charge is 2.19. The van der Waals surface area contributed by atoms with Crippen molar-refractivity contribution in [3.63, 3.8) is 0 Å². The first-order chi connectivity index (χ1) is 14.0. The summed E-state index contributed by atoms with van der Waals surface area (Å²) in [5, 5.41) is 0.898. The molecule has 1 aromatic heterocycles. The Hall–Kier alpha value is -2.60. The minimum Gasteiger partial charge on any atom is -0.490 e. The van der Waals surface area contributed by atoms with Gasteiger partial charge >= 0.3 is 0 Å². The Labute approximate surface area is 182 Å². The molecule has 1 N–H and O–H groups in total. The molecule has 0 unspecified atom stereocenters. The summed E-state index contributed by atoms with van der Waals surface area (Å²) in [6, 6.07) is 13.8. The summed E-state index contributed by atoms with van der Waals surface area (Å²) in [7, 11) is 3.94. The molecule has 1 amide bonds. The standard InChI is InChI=1S/C24H30N2O3S/c1-15(2)28-19-11-9-17(24(3,4)5)13-22(19)30-25-23(27)21-12-16-8-10-18(26(6)7)14-20(16)29-21/h8-15H,1-7H3,(H,25,27). The molecule has 0 spiro atoms. The second-order valence-corrected chi connectivity index (χ2v) is 9.69. The maximum absolute atomic E-state index is 12.7. The van der Waals surface area contributed by atoms with Crippen LogP contribution in [0.4, 0.5) is 5.69 Å². The van der Waals surface area contributed by atoms with Crippen LogP contribution in [-0.2, 0) is 5.41 Å². The van der Waals surface area contributed by atoms with E-state index in [1.807, 2.05) is 57.1 Å². The van der Waals surface area contributed by atoms with Crippen LogP contribution in [0.1, 0.15) is 50.7 Å². The van der Waals surface area contributed by atoms with Gasteiger partial charge < -0.3 is 14.1 Å². The molecule has 2 aromatic carbocycles. The maximum atomic E-state index is 12.7. The number of carbonyl (C=O) groups excluding carboxylic acids is 1. The Morgan fingerprint density at radius 1 is 1.10 bits per heavy atom. The van der Waals surface area contributed by atoms with Crippen molar-refractivity contribution in [2.45, 2.75) is 51.0 Å². The molecular weight excluding hydrogens is 396 g/mol. The fourth-order valence-electron chi connectivity index (χ4n) is 2.97. The number of anilines is 1. The van der Waals surface area contributed by atoms with Gasteiger partial charge in [0, 0.05) is 31.2 Å². The molecule has 0 saturated carbocycles. The summed E-state index contributed by atoms with van der Waals surface area (Å²) in [5.41, 5.74) is 2.89. The van der Waals surface area contributed by atoms with Gasteiger partial charge in [0.25, 0.3) is 5.91 Å². The zero-order valence-electron chi connectivity index (χ0n) is 18.7. The molecule has 30 heavy (non-hydrogen) atoms. The molecule has 0 saturated heterocycles. The number of hydrogen-bond acceptors (Lipinski definition) is 5. The number of amides is 1. The largest absolute Gasteiger partial charge is 0.490 e. The van der Waals surface area contributed by atoms with Gasteiger partial charge in [0.05, 0.1) is 11.0 Å². The number of rotatable bonds is 6. The Kier molecular flexibility index (Phi) is 6.36. The maximum Gasteiger partial charge on any atom is 0.297 e. The molecule has 160 valence electrons. The first-order valence-electron chi connectivity index (χ1n) is 10.0. The number of fused-ring (bicyclic) bond motifs is 1. The van der Waals surface area contributed by atoms with Gasteiger partial charge in [-0.15, -0.1) is 0 Å². The lowest BCUT2D eigenvalue weighted by atomic mass is 9.87. The van der Waals surface area contributed by atoms with Gasteiger partial charge in [-0.25, -0.2) is 0 Å². The summed E-state index contributed by atoms with van der Waals surface area (Å²) in [6.07, 6.45) is 0.0433. The first-order valence-corrected chi connectivity index (χ1v) is 10.9. The Morgan fingerprint density at radius 2 is 1.83 bits per heavy atom. The third-order valence-corrected chi connectivity index (χ3v) is 5.50. The summed E-state index contributed by atoms with van der Waals surface area (Å²) >= 11 is 1.25. The number of nitrogens with zero attached hydrogens (tertiary/aromatic N) is 1. The van der Waals surface area contributed by atoms with Crippen LogP contribution < -0.4 is 14.4 Å². The van der Waals surface area contributed by atoms with Gasteiger partial charge in [0.15, 0.2) is 5.76 Å². The molecule has 0 bridgehead atoms. The van der Waals surface area contributed by atoms with Crippen molar-refractivity contribution in [1.82, 2.24) is 4.72 Å². The average molecular weight is 427 g/mol. The molecular formula is C24H30N2O3S. The monoisotopic (exact) mass is 426 g/mol. The molecule has 0 aliphatic heterocycles. The third kappa shape index (κ3) is 5.11. The van der Waals surface area contributed by atoms with Crippen molar-refractivity contribution >= 4 is 34.5 Å². The van der Waals surface area contributed by atoms with E-state index in [4.69, 9.17) is 9.15 Å². The van der Waals surface area contributed by atoms with E-state index in [-0.39, 0.29) is 23.2 Å². The van der Waals surface area contributed by atoms with Crippen LogP contribution >= 0.6 is 11.9 Å². The molecule has 0 radical (unpaired) electrons. The molecule has 0 aliphatic carbocycles. The molecule has 6 heteroatoms. The Morgan fingerprint density at radius 3 is 2.47 bits per heavy atom. The van der Waals surface area contributed by atoms with Crippen LogP contribution in [-0.4, -0.2) is 26.1 Å². The number of benzene rings is 2. The fraction of sp³-hybridized carbons (Fsp3) is 0.375. The smallest absolute Gasteiger partial charge is 0.297 e. The second-order valence-electron chi connectivity index (χ2n) is 8.84. The molecule has 0 fully saturated rings. The van der Waals surface area contributed by atoms with Crippen molar-refractivity contribution in [3.05, 3.63) is 53.8 Å². The molecule has 3 aromatic rings. The van der Waals surface area contributed by atoms with Crippen LogP contribution in [0.25, 0.3) is 11.0 Å². The number of hydrogen-bond donors (Lipinski definition) is 1. The molecule has 5 nitrogen and oxygen atoms in total. The van der Waals surface area contributed by atoms with Crippen LogP contribution in [0.3, 0.4) is 0 Å². The van der Waals surface area contributed by atoms with Crippen molar-refractivity contribution in [2.24, 2.45) is 0 Å². The zero-order chi connectivity index (χ0) is 22.1. The average Bonchev–Trinajstić information content (AvgIpc) is 3.09. The molecule has 0 atom stereocenters. The highest BCUT2D eigenvalue weighted by Crippen LogP contribution is 2.34. The van der Waals surface area contributed by atoms with E-state index in [1.54, 1.807) is 6.07 Å². The van der Waals surface area contributed by atoms with Crippen molar-refractivity contribution in [3.8, 4) is 5.75 Å². The predicted molar refractivity (Wildman–Crippen MR) is 125 cm³/mol. The van der Waals surface area contributed by atoms with Gasteiger partial charge in [-0.05, 0) is 67.1 Å². The lowest BCUT2D eigenvalue weighted by Crippen LogP contribution is -2.16. The van der Waals surface area contributed by atoms with Crippen LogP contribution in [0.15, 0.2) is 51.8 Å². The van der Waals surface area contributed by atoms with Crippen molar-refractivity contribution in [1.29, 1.82) is 0 Å². The van der Waals surface area contributed by atoms with E-state index in [0.717, 1.165) is 21.7 Å². The van der Waals surface area contributed by atoms with E-state index < -0.39 is 0 Å². The van der Waals surface area contributed by atoms with Crippen LogP contribution in [0.5, 0.6) is 5.75 Å². The summed E-state index contributed by atoms with van der Waals surface area (Å²) < 4.78 is 14.6. The summed E-state index contributed by atoms with van der Waals surface area (Å²) in [4.78, 5) is 15.6. The van der Waals surface area contributed by atoms with E-state index in [1.165, 1.54) is 17.5 Å². The minimum absolute atomic E-state index is 0.00143. The van der Waals surface area contributed by atoms with Gasteiger partial charge in [0.1, 0.15) is 11.3 Å². The topological polar surface area (TPSA) is 54.7 Å². The van der Waals surface area contributed by atoms with Crippen molar-refractivity contribution < 1.29 is 13.9 Å². The first kappa shape index (κ1) is 22.1. The molecule has 0 aliphatic rings. The van der Waals surface area contributed by atoms with Gasteiger partial charge in [-0.1, -0.05) is 26.8 Å². The highest BCUT2D eigenvalue weighted by molar-refractivity contribution is 7.98. The van der Waals surface area contributed by atoms with Gasteiger partial charge in [-0.2, -0.15) is 0 Å². The number of furan rings is 1. The summed E-state index contributed by atoms with van der Waals surface area (Å²) in [5.74, 6) is 0.759. The zero-order valence-corrected chi connectivity index (χ0v) is 19.5. The van der Waals surface area contributed by atoms with Gasteiger partial charge in [-0.3, -0.25) is 9.52 Å². The number of carbonyl (C=O) groups is 1. The second kappa shape index (κ2) is 8.64. The van der Waals surface area contributed by atoms with E-state index in [9.17, 15) is 4.79 Å². The van der Waals surface area contributed by atoms with E-state index in [0.29, 0.717) is 5.58 Å². The lowest BCUT2D eigenvalue weighted by molar-refractivity contribution is 0.0959. The molecule has 3 rings (SSSR count). The Balaban J connectivity index is 1.81. The van der Waals surface area contributed by atoms with Crippen LogP contribution in [0.2, 0.25) is 0 Å². The van der Waals surface area contributed by atoms with Gasteiger partial charge in [0.2, 0.25) is 0 Å². The molecule has 1 heterocycles. The lowest BCUT2D eigenvalue weighted by Gasteiger charge is -2.22. The fourth-order valence-corrected chi connectivity index (χ4v) is 3.67. The quantitative estimate of drug-likeness (QED) is 0.488.